The van der Waals surface area contributed by atoms with Gasteiger partial charge in [0.25, 0.3) is 0 Å². The maximum atomic E-state index is 12.0. The maximum absolute atomic E-state index is 12.0. The van der Waals surface area contributed by atoms with Crippen LogP contribution in [-0.4, -0.2) is 33.7 Å². The Bertz CT molecular complexity index is 1190. The molecule has 8 heteroatoms. The number of aryl methyl sites for hydroxylation is 1. The number of carbonyl (C=O) groups is 1. The van der Waals surface area contributed by atoms with Crippen molar-refractivity contribution in [2.75, 3.05) is 24.1 Å². The predicted molar refractivity (Wildman–Crippen MR) is 123 cm³/mol. The molecule has 0 atom stereocenters. The molecule has 0 aliphatic rings. The van der Waals surface area contributed by atoms with E-state index in [9.17, 15) is 4.79 Å². The van der Waals surface area contributed by atoms with E-state index in [0.717, 1.165) is 33.8 Å². The zero-order chi connectivity index (χ0) is 21.6. The van der Waals surface area contributed by atoms with Crippen LogP contribution in [0.4, 0.5) is 16.3 Å². The van der Waals surface area contributed by atoms with Crippen LogP contribution in [0.25, 0.3) is 16.9 Å². The van der Waals surface area contributed by atoms with Crippen LogP contribution >= 0.6 is 0 Å². The van der Waals surface area contributed by atoms with Gasteiger partial charge in [0.2, 0.25) is 0 Å². The summed E-state index contributed by atoms with van der Waals surface area (Å²) in [6.45, 7) is 3.43. The van der Waals surface area contributed by atoms with Crippen LogP contribution in [0.15, 0.2) is 66.9 Å². The minimum absolute atomic E-state index is 0.210. The summed E-state index contributed by atoms with van der Waals surface area (Å²) in [5.74, 6) is 0.780. The molecule has 0 saturated heterocycles. The summed E-state index contributed by atoms with van der Waals surface area (Å²) >= 11 is 0. The van der Waals surface area contributed by atoms with Gasteiger partial charge in [-0.05, 0) is 18.6 Å². The number of urea groups is 1. The molecule has 0 unspecified atom stereocenters. The second-order valence-corrected chi connectivity index (χ2v) is 7.20. The summed E-state index contributed by atoms with van der Waals surface area (Å²) in [6.07, 6.45) is 1.78. The highest BCUT2D eigenvalue weighted by Gasteiger charge is 2.12. The van der Waals surface area contributed by atoms with Crippen molar-refractivity contribution in [3.63, 3.8) is 0 Å². The molecule has 2 heterocycles. The number of fused-ring (bicyclic) bond motifs is 1. The van der Waals surface area contributed by atoms with Crippen molar-refractivity contribution in [3.05, 3.63) is 78.0 Å². The highest BCUT2D eigenvalue weighted by atomic mass is 16.2. The second-order valence-electron chi connectivity index (χ2n) is 7.20. The number of para-hydroxylation sites is 1. The summed E-state index contributed by atoms with van der Waals surface area (Å²) in [6, 6.07) is 19.1. The molecular weight excluding hydrogens is 390 g/mol. The molecule has 0 fully saturated rings. The van der Waals surface area contributed by atoms with Gasteiger partial charge in [-0.1, -0.05) is 48.5 Å². The first-order valence-electron chi connectivity index (χ1n) is 10.1. The first-order valence-corrected chi connectivity index (χ1v) is 10.1. The molecule has 158 valence electrons. The highest BCUT2D eigenvalue weighted by molar-refractivity contribution is 5.77. The van der Waals surface area contributed by atoms with E-state index >= 15 is 0 Å². The molecule has 4 aromatic rings. The molecule has 8 nitrogen and oxygen atoms in total. The van der Waals surface area contributed by atoms with Crippen molar-refractivity contribution >= 4 is 23.2 Å². The third-order valence-electron chi connectivity index (χ3n) is 4.90. The van der Waals surface area contributed by atoms with Gasteiger partial charge in [0.05, 0.1) is 11.9 Å². The Morgan fingerprint density at radius 2 is 1.81 bits per heavy atom. The third kappa shape index (κ3) is 4.75. The van der Waals surface area contributed by atoms with Crippen molar-refractivity contribution in [1.29, 1.82) is 0 Å². The van der Waals surface area contributed by atoms with E-state index in [0.29, 0.717) is 25.3 Å². The number of hydrogen-bond donors (Lipinski definition) is 4. The van der Waals surface area contributed by atoms with Crippen LogP contribution in [0.3, 0.4) is 0 Å². The van der Waals surface area contributed by atoms with Crippen LogP contribution in [0.1, 0.15) is 11.1 Å². The number of nitrogens with two attached hydrogens (primary N) is 1. The highest BCUT2D eigenvalue weighted by Crippen LogP contribution is 2.27. The van der Waals surface area contributed by atoms with Gasteiger partial charge in [-0.3, -0.25) is 0 Å². The average Bonchev–Trinajstić information content (AvgIpc) is 3.17. The number of benzene rings is 2. The summed E-state index contributed by atoms with van der Waals surface area (Å²) in [4.78, 5) is 16.8. The second kappa shape index (κ2) is 9.17. The quantitative estimate of drug-likeness (QED) is 0.274. The normalized spacial score (nSPS) is 10.7. The van der Waals surface area contributed by atoms with Crippen molar-refractivity contribution in [1.82, 2.24) is 25.2 Å². The fourth-order valence-electron chi connectivity index (χ4n) is 3.27. The molecule has 5 N–H and O–H groups in total. The number of carbonyl (C=O) groups excluding carboxylic acids is 1. The summed E-state index contributed by atoms with van der Waals surface area (Å²) in [5.41, 5.74) is 11.2. The fraction of sp³-hybridized carbons (Fsp3) is 0.174. The zero-order valence-corrected chi connectivity index (χ0v) is 17.3. The number of nitrogens with one attached hydrogen (secondary N) is 3. The summed E-state index contributed by atoms with van der Waals surface area (Å²) in [5, 5.41) is 13.5. The predicted octanol–water partition coefficient (Wildman–Crippen LogP) is 3.20. The standard InChI is InChI=1S/C23H25N7O/c1-16-14-28-30-21(13-20(29-22(16)30)18-9-5-6-10-19(18)24)25-11-12-26-23(31)27-15-17-7-3-2-4-8-17/h2-10,13-14,25H,11-12,15,24H2,1H3,(H2,26,27,31). The van der Waals surface area contributed by atoms with E-state index in [4.69, 9.17) is 10.7 Å². The molecule has 0 bridgehead atoms. The lowest BCUT2D eigenvalue weighted by Gasteiger charge is -2.13. The number of hydrogen-bond acceptors (Lipinski definition) is 5. The summed E-state index contributed by atoms with van der Waals surface area (Å²) in [7, 11) is 0. The van der Waals surface area contributed by atoms with Gasteiger partial charge < -0.3 is 21.7 Å². The van der Waals surface area contributed by atoms with Crippen molar-refractivity contribution in [3.8, 4) is 11.3 Å². The van der Waals surface area contributed by atoms with Gasteiger partial charge in [-0.25, -0.2) is 9.78 Å². The lowest BCUT2D eigenvalue weighted by atomic mass is 10.1. The van der Waals surface area contributed by atoms with Crippen LogP contribution in [0, 0.1) is 6.92 Å². The Kier molecular flexibility index (Phi) is 5.98. The molecule has 0 saturated carbocycles. The Morgan fingerprint density at radius 3 is 2.61 bits per heavy atom. The molecular formula is C23H25N7O. The van der Waals surface area contributed by atoms with Gasteiger partial charge in [0, 0.05) is 42.5 Å². The third-order valence-corrected chi connectivity index (χ3v) is 4.90. The van der Waals surface area contributed by atoms with Crippen molar-refractivity contribution in [2.45, 2.75) is 13.5 Å². The number of aromatic nitrogens is 3. The molecule has 31 heavy (non-hydrogen) atoms. The molecule has 0 aliphatic carbocycles. The van der Waals surface area contributed by atoms with E-state index in [2.05, 4.69) is 21.0 Å². The number of nitrogen functional groups attached to an aromatic ring is 1. The number of nitrogens with zero attached hydrogens (tertiary/aromatic N) is 3. The number of rotatable bonds is 7. The van der Waals surface area contributed by atoms with Gasteiger partial charge in [-0.15, -0.1) is 0 Å². The first kappa shape index (κ1) is 20.2. The number of amides is 2. The van der Waals surface area contributed by atoms with E-state index < -0.39 is 0 Å². The van der Waals surface area contributed by atoms with E-state index in [1.807, 2.05) is 67.6 Å². The van der Waals surface area contributed by atoms with Gasteiger partial charge in [0.1, 0.15) is 5.82 Å². The molecule has 2 aromatic heterocycles. The molecule has 2 aromatic carbocycles. The minimum Gasteiger partial charge on any atom is -0.398 e. The van der Waals surface area contributed by atoms with Gasteiger partial charge >= 0.3 is 6.03 Å². The molecule has 0 aliphatic heterocycles. The van der Waals surface area contributed by atoms with E-state index in [1.54, 1.807) is 10.7 Å². The zero-order valence-electron chi connectivity index (χ0n) is 17.3. The van der Waals surface area contributed by atoms with Crippen LogP contribution in [0.5, 0.6) is 0 Å². The number of anilines is 2. The van der Waals surface area contributed by atoms with Gasteiger partial charge in [-0.2, -0.15) is 9.61 Å². The Labute approximate surface area is 180 Å². The van der Waals surface area contributed by atoms with Crippen LogP contribution < -0.4 is 21.7 Å². The molecule has 2 amide bonds. The largest absolute Gasteiger partial charge is 0.398 e. The van der Waals surface area contributed by atoms with E-state index in [1.165, 1.54) is 0 Å². The monoisotopic (exact) mass is 415 g/mol. The topological polar surface area (TPSA) is 109 Å². The van der Waals surface area contributed by atoms with Crippen LogP contribution in [0.2, 0.25) is 0 Å². The van der Waals surface area contributed by atoms with Gasteiger partial charge in [0.15, 0.2) is 5.65 Å². The van der Waals surface area contributed by atoms with Crippen molar-refractivity contribution in [2.24, 2.45) is 0 Å². The Hall–Kier alpha value is -4.07. The Balaban J connectivity index is 1.40. The SMILES string of the molecule is Cc1cnn2c(NCCNC(=O)NCc3ccccc3)cc(-c3ccccc3N)nc12. The smallest absolute Gasteiger partial charge is 0.315 e. The average molecular weight is 416 g/mol. The maximum Gasteiger partial charge on any atom is 0.315 e. The minimum atomic E-state index is -0.210. The van der Waals surface area contributed by atoms with Crippen LogP contribution in [-0.2, 0) is 6.54 Å². The lowest BCUT2D eigenvalue weighted by Crippen LogP contribution is -2.37. The fourth-order valence-corrected chi connectivity index (χ4v) is 3.27. The summed E-state index contributed by atoms with van der Waals surface area (Å²) < 4.78 is 1.76. The molecule has 0 spiro atoms. The van der Waals surface area contributed by atoms with E-state index in [-0.39, 0.29) is 6.03 Å². The molecule has 4 rings (SSSR count). The molecule has 0 radical (unpaired) electrons. The first-order chi connectivity index (χ1) is 15.1. The van der Waals surface area contributed by atoms with Crippen molar-refractivity contribution < 1.29 is 4.79 Å². The lowest BCUT2D eigenvalue weighted by molar-refractivity contribution is 0.241. The Morgan fingerprint density at radius 1 is 1.03 bits per heavy atom.